The number of nitrogen functional groups attached to an aromatic ring is 1. The molecule has 1 saturated heterocycles. The predicted molar refractivity (Wildman–Crippen MR) is 183 cm³/mol. The molecule has 4 aromatic rings. The zero-order valence-electron chi connectivity index (χ0n) is 26.4. The predicted octanol–water partition coefficient (Wildman–Crippen LogP) is 5.96. The van der Waals surface area contributed by atoms with Crippen molar-refractivity contribution in [1.82, 2.24) is 29.7 Å². The number of pyridine rings is 2. The molecule has 0 bridgehead atoms. The van der Waals surface area contributed by atoms with Gasteiger partial charge < -0.3 is 11.1 Å². The number of aliphatic imine (C=N–C) groups is 2. The second-order valence-corrected chi connectivity index (χ2v) is 10.9. The van der Waals surface area contributed by atoms with Crippen LogP contribution in [0.3, 0.4) is 0 Å². The van der Waals surface area contributed by atoms with Crippen molar-refractivity contribution < 1.29 is 0 Å². The van der Waals surface area contributed by atoms with Crippen LogP contribution >= 0.6 is 0 Å². The van der Waals surface area contributed by atoms with Crippen LogP contribution in [-0.4, -0.2) is 62.3 Å². The maximum absolute atomic E-state index is 9.21. The summed E-state index contributed by atoms with van der Waals surface area (Å²) in [5, 5.41) is 12.6. The summed E-state index contributed by atoms with van der Waals surface area (Å²) in [5.74, 6) is 1.66. The lowest BCUT2D eigenvalue weighted by atomic mass is 10.0. The zero-order valence-corrected chi connectivity index (χ0v) is 26.4. The second-order valence-electron chi connectivity index (χ2n) is 10.9. The average molecular weight is 601 g/mol. The number of nitrogens with zero attached hydrogens (tertiary/aromatic N) is 8. The molecular formula is C35H40N10. The van der Waals surface area contributed by atoms with Crippen LogP contribution < -0.4 is 11.1 Å². The number of imidazole rings is 1. The lowest BCUT2D eigenvalue weighted by molar-refractivity contribution is 0.199. The van der Waals surface area contributed by atoms with Crippen LogP contribution in [0.5, 0.6) is 0 Å². The summed E-state index contributed by atoms with van der Waals surface area (Å²) in [6.07, 6.45) is 10.4. The molecule has 1 aliphatic rings. The molecule has 0 amide bonds. The Morgan fingerprint density at radius 1 is 1.11 bits per heavy atom. The van der Waals surface area contributed by atoms with E-state index in [0.29, 0.717) is 29.7 Å². The van der Waals surface area contributed by atoms with E-state index in [9.17, 15) is 5.26 Å². The van der Waals surface area contributed by atoms with E-state index >= 15 is 0 Å². The molecule has 3 aromatic heterocycles. The molecule has 0 spiro atoms. The number of benzene rings is 1. The fourth-order valence-electron chi connectivity index (χ4n) is 5.54. The highest BCUT2D eigenvalue weighted by atomic mass is 15.2. The number of nitriles is 1. The van der Waals surface area contributed by atoms with Crippen molar-refractivity contribution in [2.45, 2.75) is 52.6 Å². The van der Waals surface area contributed by atoms with Gasteiger partial charge in [0, 0.05) is 44.6 Å². The van der Waals surface area contributed by atoms with Crippen molar-refractivity contribution >= 4 is 34.2 Å². The largest absolute Gasteiger partial charge is 0.383 e. The van der Waals surface area contributed by atoms with Gasteiger partial charge in [0.2, 0.25) is 5.96 Å². The van der Waals surface area contributed by atoms with E-state index in [1.165, 1.54) is 5.56 Å². The summed E-state index contributed by atoms with van der Waals surface area (Å²) in [6, 6.07) is 18.9. The average Bonchev–Trinajstić information content (AvgIpc) is 3.45. The van der Waals surface area contributed by atoms with Crippen molar-refractivity contribution in [3.05, 3.63) is 84.2 Å². The van der Waals surface area contributed by atoms with E-state index in [2.05, 4.69) is 72.2 Å². The summed E-state index contributed by atoms with van der Waals surface area (Å²) in [4.78, 5) is 25.4. The molecule has 0 aliphatic carbocycles. The van der Waals surface area contributed by atoms with E-state index < -0.39 is 0 Å². The van der Waals surface area contributed by atoms with E-state index in [0.717, 1.165) is 66.2 Å². The highest BCUT2D eigenvalue weighted by molar-refractivity contribution is 6.05. The number of hydrogen-bond acceptors (Lipinski definition) is 7. The van der Waals surface area contributed by atoms with Crippen molar-refractivity contribution in [2.75, 3.05) is 25.9 Å². The molecule has 10 heteroatoms. The van der Waals surface area contributed by atoms with E-state index in [4.69, 9.17) is 15.7 Å². The fraction of sp³-hybridized carbons (Fsp3) is 0.314. The van der Waals surface area contributed by atoms with Crippen LogP contribution in [0.1, 0.15) is 51.3 Å². The van der Waals surface area contributed by atoms with Crippen LogP contribution in [0.25, 0.3) is 33.8 Å². The minimum atomic E-state index is 0.281. The van der Waals surface area contributed by atoms with Crippen LogP contribution in [0, 0.1) is 11.3 Å². The van der Waals surface area contributed by atoms with Gasteiger partial charge in [-0.3, -0.25) is 14.5 Å². The Bertz CT molecular complexity index is 1800. The Hall–Kier alpha value is -5.14. The minimum absolute atomic E-state index is 0.281. The monoisotopic (exact) mass is 600 g/mol. The summed E-state index contributed by atoms with van der Waals surface area (Å²) in [5.41, 5.74) is 13.2. The Balaban J connectivity index is 1.37. The van der Waals surface area contributed by atoms with E-state index in [-0.39, 0.29) is 6.04 Å². The summed E-state index contributed by atoms with van der Waals surface area (Å²) in [6.45, 7) is 8.72. The number of piperidine rings is 1. The van der Waals surface area contributed by atoms with Crippen molar-refractivity contribution in [3.63, 3.8) is 0 Å². The number of rotatable bonds is 8. The molecule has 4 heterocycles. The van der Waals surface area contributed by atoms with Gasteiger partial charge in [-0.2, -0.15) is 5.26 Å². The molecule has 3 N–H and O–H groups in total. The fourth-order valence-corrected chi connectivity index (χ4v) is 5.54. The molecule has 1 aliphatic heterocycles. The van der Waals surface area contributed by atoms with Gasteiger partial charge in [0.05, 0.1) is 11.3 Å². The Kier molecular flexibility index (Phi) is 10.1. The quantitative estimate of drug-likeness (QED) is 0.145. The lowest BCUT2D eigenvalue weighted by Crippen LogP contribution is -2.44. The first-order valence-corrected chi connectivity index (χ1v) is 15.4. The minimum Gasteiger partial charge on any atom is -0.383 e. The number of nitrogens with two attached hydrogens (primary N) is 1. The van der Waals surface area contributed by atoms with Gasteiger partial charge in [-0.25, -0.2) is 19.9 Å². The third-order valence-electron chi connectivity index (χ3n) is 7.98. The molecular weight excluding hydrogens is 560 g/mol. The van der Waals surface area contributed by atoms with Crippen molar-refractivity contribution in [2.24, 2.45) is 9.98 Å². The number of nitrogens with one attached hydrogen (secondary N) is 1. The van der Waals surface area contributed by atoms with Gasteiger partial charge in [0.15, 0.2) is 11.5 Å². The number of allylic oxidation sites excluding steroid dienone is 4. The molecule has 1 aromatic carbocycles. The number of hydrogen-bond donors (Lipinski definition) is 2. The highest BCUT2D eigenvalue weighted by Crippen LogP contribution is 2.31. The maximum Gasteiger partial charge on any atom is 0.218 e. The molecule has 45 heavy (non-hydrogen) atoms. The van der Waals surface area contributed by atoms with Crippen LogP contribution in [-0.2, 0) is 6.54 Å². The Morgan fingerprint density at radius 2 is 1.89 bits per heavy atom. The Morgan fingerprint density at radius 3 is 2.53 bits per heavy atom. The topological polar surface area (TPSA) is 133 Å². The number of fused-ring (bicyclic) bond motifs is 1. The van der Waals surface area contributed by atoms with E-state index in [1.54, 1.807) is 13.2 Å². The first-order chi connectivity index (χ1) is 22.0. The summed E-state index contributed by atoms with van der Waals surface area (Å²) < 4.78 is 2.07. The standard InChI is InChI=1S/C35H40N10/c1-5-9-25(6-2)30-15-16-31-34(42-30)45(33(43-31)29-10-8-19-39-32(29)37)28-13-11-24(12-14-28)23-44-20-17-27(18-21-44)41-35(38-4)40-26(7-3)22-36/h5-6,8-16,19,27H,7,17-18,20-21,23H2,1-4H3,(H2,37,39)(H,38,41)/b9-5-,25-6+,40-26+. The third kappa shape index (κ3) is 7.16. The SMILES string of the molecule is C/C=C\C(=C/C)c1ccc2nc(-c3cccnc3N)n(-c3ccc(CN4CCC(NC(=NC)/N=C(/C#N)CC)CC4)cc3)c2n1. The molecule has 0 radical (unpaired) electrons. The maximum atomic E-state index is 9.21. The van der Waals surface area contributed by atoms with Gasteiger partial charge in [0.1, 0.15) is 23.1 Å². The molecule has 10 nitrogen and oxygen atoms in total. The first kappa shape index (κ1) is 31.3. The van der Waals surface area contributed by atoms with E-state index in [1.807, 2.05) is 51.1 Å². The van der Waals surface area contributed by atoms with Crippen molar-refractivity contribution in [3.8, 4) is 23.1 Å². The number of likely N-dealkylation sites (tertiary alicyclic amines) is 1. The molecule has 0 saturated carbocycles. The van der Waals surface area contributed by atoms with Gasteiger partial charge in [0.25, 0.3) is 0 Å². The van der Waals surface area contributed by atoms with Crippen molar-refractivity contribution in [1.29, 1.82) is 5.26 Å². The zero-order chi connectivity index (χ0) is 31.8. The van der Waals surface area contributed by atoms with Gasteiger partial charge >= 0.3 is 0 Å². The number of guanidine groups is 1. The highest BCUT2D eigenvalue weighted by Gasteiger charge is 2.21. The lowest BCUT2D eigenvalue weighted by Gasteiger charge is -2.32. The third-order valence-corrected chi connectivity index (χ3v) is 7.98. The van der Waals surface area contributed by atoms with Crippen LogP contribution in [0.15, 0.2) is 82.9 Å². The smallest absolute Gasteiger partial charge is 0.218 e. The number of aromatic nitrogens is 4. The molecule has 5 rings (SSSR count). The summed E-state index contributed by atoms with van der Waals surface area (Å²) >= 11 is 0. The molecule has 230 valence electrons. The molecule has 0 atom stereocenters. The normalized spacial score (nSPS) is 15.6. The van der Waals surface area contributed by atoms with Crippen LogP contribution in [0.4, 0.5) is 5.82 Å². The van der Waals surface area contributed by atoms with Crippen LogP contribution in [0.2, 0.25) is 0 Å². The Labute approximate surface area is 264 Å². The molecule has 0 unspecified atom stereocenters. The second kappa shape index (κ2) is 14.6. The molecule has 1 fully saturated rings. The van der Waals surface area contributed by atoms with Gasteiger partial charge in [-0.1, -0.05) is 37.3 Å². The first-order valence-electron chi connectivity index (χ1n) is 15.4. The van der Waals surface area contributed by atoms with Gasteiger partial charge in [-0.05, 0) is 80.6 Å². The van der Waals surface area contributed by atoms with Gasteiger partial charge in [-0.15, -0.1) is 0 Å². The summed E-state index contributed by atoms with van der Waals surface area (Å²) in [7, 11) is 1.70. The number of anilines is 1.